The van der Waals surface area contributed by atoms with Crippen molar-refractivity contribution < 1.29 is 4.79 Å². The Morgan fingerprint density at radius 1 is 1.17 bits per heavy atom. The molecule has 0 saturated heterocycles. The van der Waals surface area contributed by atoms with E-state index in [2.05, 4.69) is 18.2 Å². The summed E-state index contributed by atoms with van der Waals surface area (Å²) in [5.74, 6) is 0.0750. The molecule has 0 bridgehead atoms. The Labute approximate surface area is 143 Å². The Hall–Kier alpha value is -1.72. The van der Waals surface area contributed by atoms with Crippen molar-refractivity contribution in [2.24, 2.45) is 0 Å². The summed E-state index contributed by atoms with van der Waals surface area (Å²) in [7, 11) is 1.87. The topological polar surface area (TPSA) is 33.2 Å². The minimum absolute atomic E-state index is 0.0750. The molecule has 0 saturated carbocycles. The van der Waals surface area contributed by atoms with Crippen LogP contribution in [0.25, 0.3) is 20.8 Å². The molecule has 0 N–H and O–H groups in total. The maximum absolute atomic E-state index is 11.9. The van der Waals surface area contributed by atoms with Gasteiger partial charge in [0.05, 0.1) is 10.2 Å². The molecule has 3 nitrogen and oxygen atoms in total. The summed E-state index contributed by atoms with van der Waals surface area (Å²) in [6.07, 6.45) is 4.70. The lowest BCUT2D eigenvalue weighted by Gasteiger charge is -2.15. The highest BCUT2D eigenvalue weighted by atomic mass is 32.1. The maximum atomic E-state index is 11.9. The van der Waals surface area contributed by atoms with Crippen molar-refractivity contribution in [3.05, 3.63) is 34.7 Å². The van der Waals surface area contributed by atoms with Crippen molar-refractivity contribution in [3.8, 4) is 10.6 Å². The van der Waals surface area contributed by atoms with Gasteiger partial charge >= 0.3 is 0 Å². The van der Waals surface area contributed by atoms with Gasteiger partial charge in [-0.15, -0.1) is 22.7 Å². The standard InChI is InChI=1S/C18H18N2OS2/c1-11(21)20(2)18-16(12-7-3-5-9-14(12)23-18)17-19-13-8-4-6-10-15(13)22-17/h4,6,8,10H,3,5,7,9H2,1-2H3. The fourth-order valence-corrected chi connectivity index (χ4v) is 5.63. The zero-order chi connectivity index (χ0) is 16.0. The van der Waals surface area contributed by atoms with E-state index >= 15 is 0 Å². The molecular formula is C18H18N2OS2. The highest BCUT2D eigenvalue weighted by Crippen LogP contribution is 2.47. The van der Waals surface area contributed by atoms with E-state index in [0.717, 1.165) is 28.4 Å². The molecule has 1 aliphatic rings. The Balaban J connectivity index is 1.94. The van der Waals surface area contributed by atoms with Crippen molar-refractivity contribution in [2.45, 2.75) is 32.6 Å². The van der Waals surface area contributed by atoms with Gasteiger partial charge in [0.2, 0.25) is 5.91 Å². The second-order valence-electron chi connectivity index (χ2n) is 5.96. The van der Waals surface area contributed by atoms with Gasteiger partial charge in [-0.3, -0.25) is 4.79 Å². The van der Waals surface area contributed by atoms with Gasteiger partial charge in [-0.05, 0) is 43.4 Å². The minimum atomic E-state index is 0.0750. The highest BCUT2D eigenvalue weighted by molar-refractivity contribution is 7.23. The largest absolute Gasteiger partial charge is 0.307 e. The summed E-state index contributed by atoms with van der Waals surface area (Å²) >= 11 is 3.50. The van der Waals surface area contributed by atoms with Gasteiger partial charge in [-0.25, -0.2) is 4.98 Å². The molecule has 2 aromatic heterocycles. The lowest BCUT2D eigenvalue weighted by molar-refractivity contribution is -0.116. The van der Waals surface area contributed by atoms with E-state index < -0.39 is 0 Å². The summed E-state index contributed by atoms with van der Waals surface area (Å²) in [5.41, 5.74) is 3.66. The van der Waals surface area contributed by atoms with Crippen molar-refractivity contribution in [1.82, 2.24) is 4.98 Å². The summed E-state index contributed by atoms with van der Waals surface area (Å²) in [5, 5.41) is 2.11. The Kier molecular flexibility index (Phi) is 3.70. The van der Waals surface area contributed by atoms with E-state index in [1.807, 2.05) is 13.1 Å². The van der Waals surface area contributed by atoms with Crippen LogP contribution in [0.15, 0.2) is 24.3 Å². The van der Waals surface area contributed by atoms with Crippen LogP contribution in [-0.2, 0) is 17.6 Å². The Morgan fingerprint density at radius 3 is 2.74 bits per heavy atom. The third kappa shape index (κ3) is 2.48. The average molecular weight is 342 g/mol. The fraction of sp³-hybridized carbons (Fsp3) is 0.333. The van der Waals surface area contributed by atoms with E-state index in [1.54, 1.807) is 34.5 Å². The Bertz CT molecular complexity index is 861. The molecule has 0 fully saturated rings. The van der Waals surface area contributed by atoms with Crippen molar-refractivity contribution >= 4 is 43.8 Å². The van der Waals surface area contributed by atoms with E-state index in [9.17, 15) is 4.79 Å². The molecule has 118 valence electrons. The van der Waals surface area contributed by atoms with Crippen molar-refractivity contribution in [1.29, 1.82) is 0 Å². The van der Waals surface area contributed by atoms with E-state index in [1.165, 1.54) is 33.5 Å². The highest BCUT2D eigenvalue weighted by Gasteiger charge is 2.26. The fourth-order valence-electron chi connectivity index (χ4n) is 3.13. The number of carbonyl (C=O) groups is 1. The van der Waals surface area contributed by atoms with Crippen LogP contribution in [0, 0.1) is 0 Å². The molecule has 1 amide bonds. The van der Waals surface area contributed by atoms with Crippen LogP contribution >= 0.6 is 22.7 Å². The smallest absolute Gasteiger partial charge is 0.224 e. The number of thiazole rings is 1. The van der Waals surface area contributed by atoms with E-state index in [4.69, 9.17) is 4.98 Å². The first-order chi connectivity index (χ1) is 11.1. The number of hydrogen-bond acceptors (Lipinski definition) is 4. The minimum Gasteiger partial charge on any atom is -0.307 e. The van der Waals surface area contributed by atoms with Crippen LogP contribution in [-0.4, -0.2) is 17.9 Å². The number of fused-ring (bicyclic) bond motifs is 2. The molecule has 0 atom stereocenters. The molecule has 23 heavy (non-hydrogen) atoms. The van der Waals surface area contributed by atoms with Crippen LogP contribution in [0.5, 0.6) is 0 Å². The predicted octanol–water partition coefficient (Wildman–Crippen LogP) is 4.89. The van der Waals surface area contributed by atoms with Gasteiger partial charge < -0.3 is 4.90 Å². The maximum Gasteiger partial charge on any atom is 0.224 e. The van der Waals surface area contributed by atoms with Gasteiger partial charge in [-0.1, -0.05) is 12.1 Å². The summed E-state index contributed by atoms with van der Waals surface area (Å²) in [6, 6.07) is 8.25. The lowest BCUT2D eigenvalue weighted by atomic mass is 9.95. The number of nitrogens with zero attached hydrogens (tertiary/aromatic N) is 2. The number of anilines is 1. The first-order valence-corrected chi connectivity index (χ1v) is 9.53. The van der Waals surface area contributed by atoms with Gasteiger partial charge in [0.15, 0.2) is 0 Å². The number of carbonyl (C=O) groups excluding carboxylic acids is 1. The normalized spacial score (nSPS) is 14.0. The first-order valence-electron chi connectivity index (χ1n) is 7.90. The van der Waals surface area contributed by atoms with Crippen molar-refractivity contribution in [2.75, 3.05) is 11.9 Å². The third-order valence-corrected chi connectivity index (χ3v) is 6.86. The summed E-state index contributed by atoms with van der Waals surface area (Å²) < 4.78 is 1.20. The van der Waals surface area contributed by atoms with E-state index in [0.29, 0.717) is 0 Å². The molecule has 4 rings (SSSR count). The molecule has 2 heterocycles. The number of aromatic nitrogens is 1. The van der Waals surface area contributed by atoms with E-state index in [-0.39, 0.29) is 5.91 Å². The molecule has 1 aromatic carbocycles. The van der Waals surface area contributed by atoms with Crippen LogP contribution in [0.4, 0.5) is 5.00 Å². The quantitative estimate of drug-likeness (QED) is 0.664. The van der Waals surface area contributed by atoms with Crippen LogP contribution < -0.4 is 4.90 Å². The Morgan fingerprint density at radius 2 is 1.96 bits per heavy atom. The monoisotopic (exact) mass is 342 g/mol. The molecule has 3 aromatic rings. The number of amides is 1. The van der Waals surface area contributed by atoms with Gasteiger partial charge in [0.25, 0.3) is 0 Å². The summed E-state index contributed by atoms with van der Waals surface area (Å²) in [6.45, 7) is 1.63. The average Bonchev–Trinajstić information content (AvgIpc) is 3.14. The number of rotatable bonds is 2. The molecule has 0 radical (unpaired) electrons. The zero-order valence-corrected chi connectivity index (χ0v) is 14.9. The molecule has 0 spiro atoms. The second-order valence-corrected chi connectivity index (χ2v) is 8.07. The molecular weight excluding hydrogens is 324 g/mol. The zero-order valence-electron chi connectivity index (χ0n) is 13.3. The number of thiophene rings is 1. The van der Waals surface area contributed by atoms with Crippen LogP contribution in [0.1, 0.15) is 30.2 Å². The number of benzene rings is 1. The molecule has 5 heteroatoms. The van der Waals surface area contributed by atoms with Crippen LogP contribution in [0.2, 0.25) is 0 Å². The predicted molar refractivity (Wildman–Crippen MR) is 98.7 cm³/mol. The molecule has 0 aliphatic heterocycles. The number of hydrogen-bond donors (Lipinski definition) is 0. The third-order valence-electron chi connectivity index (χ3n) is 4.44. The van der Waals surface area contributed by atoms with Gasteiger partial charge in [0.1, 0.15) is 10.0 Å². The summed E-state index contributed by atoms with van der Waals surface area (Å²) in [4.78, 5) is 20.0. The molecule has 0 unspecified atom stereocenters. The number of para-hydroxylation sites is 1. The van der Waals surface area contributed by atoms with Gasteiger partial charge in [0, 0.05) is 24.4 Å². The first kappa shape index (κ1) is 14.8. The number of aryl methyl sites for hydroxylation is 1. The second kappa shape index (κ2) is 5.73. The van der Waals surface area contributed by atoms with Crippen molar-refractivity contribution in [3.63, 3.8) is 0 Å². The van der Waals surface area contributed by atoms with Crippen LogP contribution in [0.3, 0.4) is 0 Å². The lowest BCUT2D eigenvalue weighted by Crippen LogP contribution is -2.22. The molecule has 1 aliphatic carbocycles. The van der Waals surface area contributed by atoms with Gasteiger partial charge in [-0.2, -0.15) is 0 Å². The SMILES string of the molecule is CC(=O)N(C)c1sc2c(c1-c1nc3ccccc3s1)CCCC2.